The number of H-pyrrole nitrogens is 1. The van der Waals surface area contributed by atoms with E-state index in [9.17, 15) is 19.1 Å². The number of aliphatic hydroxyl groups excluding tert-OH is 1. The van der Waals surface area contributed by atoms with Gasteiger partial charge in [-0.25, -0.2) is 4.39 Å². The lowest BCUT2D eigenvalue weighted by Gasteiger charge is -2.13. The van der Waals surface area contributed by atoms with E-state index in [1.807, 2.05) is 0 Å². The molecule has 2 aromatic rings. The molecule has 0 amide bonds. The number of rotatable bonds is 3. The number of hydrogen-bond acceptors (Lipinski definition) is 5. The van der Waals surface area contributed by atoms with E-state index in [0.717, 1.165) is 11.8 Å². The van der Waals surface area contributed by atoms with Gasteiger partial charge in [0.15, 0.2) is 5.16 Å². The van der Waals surface area contributed by atoms with Crippen LogP contribution in [0.25, 0.3) is 0 Å². The van der Waals surface area contributed by atoms with Crippen LogP contribution in [0, 0.1) is 5.82 Å². The summed E-state index contributed by atoms with van der Waals surface area (Å²) in [6.07, 6.45) is -0.868. The molecule has 0 aliphatic rings. The summed E-state index contributed by atoms with van der Waals surface area (Å²) in [4.78, 5) is 26.1. The van der Waals surface area contributed by atoms with Gasteiger partial charge in [0.1, 0.15) is 5.82 Å². The highest BCUT2D eigenvalue weighted by molar-refractivity contribution is 7.99. The molecule has 0 saturated heterocycles. The number of nitrogens with zero attached hydrogens (tertiary/aromatic N) is 2. The van der Waals surface area contributed by atoms with Crippen LogP contribution >= 0.6 is 11.8 Å². The van der Waals surface area contributed by atoms with Gasteiger partial charge in [0.2, 0.25) is 0 Å². The fraction of sp³-hybridized carbons (Fsp3) is 0.250. The predicted molar refractivity (Wildman–Crippen MR) is 71.3 cm³/mol. The lowest BCUT2D eigenvalue weighted by Crippen LogP contribution is -2.33. The van der Waals surface area contributed by atoms with Crippen LogP contribution < -0.4 is 11.1 Å². The van der Waals surface area contributed by atoms with Gasteiger partial charge < -0.3 is 5.11 Å². The highest BCUT2D eigenvalue weighted by atomic mass is 32.2. The number of aliphatic hydroxyl groups is 1. The van der Waals surface area contributed by atoms with Crippen molar-refractivity contribution in [2.24, 2.45) is 7.05 Å². The molecule has 2 rings (SSSR count). The van der Waals surface area contributed by atoms with Gasteiger partial charge in [-0.1, -0.05) is 12.1 Å². The van der Waals surface area contributed by atoms with E-state index in [-0.39, 0.29) is 10.1 Å². The number of hydrogen-bond donors (Lipinski definition) is 2. The Labute approximate surface area is 117 Å². The fourth-order valence-electron chi connectivity index (χ4n) is 1.61. The van der Waals surface area contributed by atoms with Crippen LogP contribution in [0.5, 0.6) is 0 Å². The summed E-state index contributed by atoms with van der Waals surface area (Å²) in [5, 5.41) is 12.1. The first-order valence-corrected chi connectivity index (χ1v) is 6.53. The molecule has 6 nitrogen and oxygen atoms in total. The van der Waals surface area contributed by atoms with Crippen LogP contribution in [0.2, 0.25) is 0 Å². The average Bonchev–Trinajstić information content (AvgIpc) is 2.37. The third-order valence-electron chi connectivity index (χ3n) is 2.59. The zero-order chi connectivity index (χ0) is 14.9. The molecule has 0 bridgehead atoms. The lowest BCUT2D eigenvalue weighted by atomic mass is 10.1. The second-order valence-corrected chi connectivity index (χ2v) is 5.11. The molecule has 8 heteroatoms. The Hall–Kier alpha value is -1.93. The van der Waals surface area contributed by atoms with E-state index in [4.69, 9.17) is 0 Å². The Morgan fingerprint density at radius 2 is 2.15 bits per heavy atom. The second-order valence-electron chi connectivity index (χ2n) is 4.14. The van der Waals surface area contributed by atoms with Gasteiger partial charge in [0.05, 0.1) is 11.0 Å². The molecule has 0 radical (unpaired) electrons. The first-order valence-electron chi connectivity index (χ1n) is 5.72. The summed E-state index contributed by atoms with van der Waals surface area (Å²) >= 11 is 0.865. The Bertz CT molecular complexity index is 754. The largest absolute Gasteiger partial charge is 0.389 e. The van der Waals surface area contributed by atoms with Crippen molar-refractivity contribution >= 4 is 11.8 Å². The quantitative estimate of drug-likeness (QED) is 0.819. The summed E-state index contributed by atoms with van der Waals surface area (Å²) in [7, 11) is 1.49. The van der Waals surface area contributed by atoms with Crippen molar-refractivity contribution < 1.29 is 9.50 Å². The molecule has 2 N–H and O–H groups in total. The summed E-state index contributed by atoms with van der Waals surface area (Å²) < 4.78 is 15.1. The summed E-state index contributed by atoms with van der Waals surface area (Å²) in [5.41, 5.74) is -1.41. The number of aromatic nitrogens is 3. The van der Waals surface area contributed by atoms with Crippen molar-refractivity contribution in [3.05, 3.63) is 50.3 Å². The summed E-state index contributed by atoms with van der Waals surface area (Å²) in [6, 6.07) is 4.32. The van der Waals surface area contributed by atoms with Crippen molar-refractivity contribution in [3.8, 4) is 0 Å². The maximum absolute atomic E-state index is 13.9. The monoisotopic (exact) mass is 297 g/mol. The Kier molecular flexibility index (Phi) is 4.05. The molecule has 0 aliphatic carbocycles. The minimum Gasteiger partial charge on any atom is -0.389 e. The van der Waals surface area contributed by atoms with Gasteiger partial charge in [-0.05, 0) is 30.3 Å². The standard InChI is InChI=1S/C12H12FN3O3S/c1-6(17)7-4-3-5-8(13)9(7)20-12-14-10(18)11(19)15-16(12)2/h3-6,17H,1-2H3,(H,15,19). The average molecular weight is 297 g/mol. The zero-order valence-corrected chi connectivity index (χ0v) is 11.6. The first-order chi connectivity index (χ1) is 9.40. The molecule has 0 fully saturated rings. The van der Waals surface area contributed by atoms with Gasteiger partial charge in [-0.15, -0.1) is 0 Å². The van der Waals surface area contributed by atoms with Crippen LogP contribution in [0.4, 0.5) is 4.39 Å². The SMILES string of the molecule is CC(O)c1cccc(F)c1Sc1nc(=O)c(=O)[nH]n1C. The van der Waals surface area contributed by atoms with E-state index >= 15 is 0 Å². The van der Waals surface area contributed by atoms with Crippen LogP contribution in [0.3, 0.4) is 0 Å². The number of aryl methyl sites for hydroxylation is 1. The molecule has 0 aliphatic heterocycles. The number of benzene rings is 1. The number of halogens is 1. The van der Waals surface area contributed by atoms with Crippen molar-refractivity contribution in [2.45, 2.75) is 23.1 Å². The summed E-state index contributed by atoms with van der Waals surface area (Å²) in [5.74, 6) is -0.533. The molecular formula is C12H12FN3O3S. The maximum atomic E-state index is 13.9. The molecule has 1 atom stereocenters. The first kappa shape index (κ1) is 14.5. The highest BCUT2D eigenvalue weighted by Crippen LogP contribution is 2.33. The third kappa shape index (κ3) is 2.81. The fourth-order valence-corrected chi connectivity index (χ4v) is 2.62. The van der Waals surface area contributed by atoms with E-state index in [1.54, 1.807) is 6.07 Å². The Morgan fingerprint density at radius 1 is 1.45 bits per heavy atom. The molecule has 0 saturated carbocycles. The molecule has 20 heavy (non-hydrogen) atoms. The van der Waals surface area contributed by atoms with Crippen molar-refractivity contribution in [1.29, 1.82) is 0 Å². The molecule has 1 heterocycles. The molecule has 1 unspecified atom stereocenters. The molecule has 1 aromatic heterocycles. The number of nitrogens with one attached hydrogen (secondary N) is 1. The van der Waals surface area contributed by atoms with Crippen LogP contribution in [-0.4, -0.2) is 19.9 Å². The minimum atomic E-state index is -0.944. The van der Waals surface area contributed by atoms with Crippen LogP contribution in [0.1, 0.15) is 18.6 Å². The minimum absolute atomic E-state index is 0.126. The van der Waals surface area contributed by atoms with Crippen molar-refractivity contribution in [3.63, 3.8) is 0 Å². The van der Waals surface area contributed by atoms with Gasteiger partial charge >= 0.3 is 11.1 Å². The van der Waals surface area contributed by atoms with Crippen molar-refractivity contribution in [2.75, 3.05) is 0 Å². The smallest absolute Gasteiger partial charge is 0.339 e. The number of aromatic amines is 1. The van der Waals surface area contributed by atoms with E-state index in [2.05, 4.69) is 10.1 Å². The zero-order valence-electron chi connectivity index (χ0n) is 10.8. The van der Waals surface area contributed by atoms with Crippen molar-refractivity contribution in [1.82, 2.24) is 14.8 Å². The predicted octanol–water partition coefficient (Wildman–Crippen LogP) is 0.812. The molecule has 1 aromatic carbocycles. The topological polar surface area (TPSA) is 88.0 Å². The summed E-state index contributed by atoms with van der Waals surface area (Å²) in [6.45, 7) is 1.51. The van der Waals surface area contributed by atoms with Gasteiger partial charge in [0.25, 0.3) is 0 Å². The molecule has 0 spiro atoms. The normalized spacial score (nSPS) is 12.4. The molecule has 106 valence electrons. The van der Waals surface area contributed by atoms with E-state index in [0.29, 0.717) is 5.56 Å². The van der Waals surface area contributed by atoms with Crippen LogP contribution in [0.15, 0.2) is 37.8 Å². The second kappa shape index (κ2) is 5.59. The molecular weight excluding hydrogens is 285 g/mol. The highest BCUT2D eigenvalue weighted by Gasteiger charge is 2.16. The van der Waals surface area contributed by atoms with Gasteiger partial charge in [-0.3, -0.25) is 19.4 Å². The van der Waals surface area contributed by atoms with Gasteiger partial charge in [-0.2, -0.15) is 4.98 Å². The Morgan fingerprint density at radius 3 is 2.80 bits per heavy atom. The van der Waals surface area contributed by atoms with E-state index in [1.165, 1.54) is 30.8 Å². The van der Waals surface area contributed by atoms with Gasteiger partial charge in [0, 0.05) is 7.05 Å². The maximum Gasteiger partial charge on any atom is 0.339 e. The lowest BCUT2D eigenvalue weighted by molar-refractivity contribution is 0.195. The van der Waals surface area contributed by atoms with E-state index < -0.39 is 23.0 Å². The van der Waals surface area contributed by atoms with Crippen LogP contribution in [-0.2, 0) is 7.05 Å². The Balaban J connectivity index is 2.53. The third-order valence-corrected chi connectivity index (χ3v) is 3.77.